The summed E-state index contributed by atoms with van der Waals surface area (Å²) in [5, 5.41) is 0. The molecule has 0 atom stereocenters. The van der Waals surface area contributed by atoms with Crippen LogP contribution in [0.2, 0.25) is 0 Å². The van der Waals surface area contributed by atoms with Crippen LogP contribution < -0.4 is 8.47 Å². The topological polar surface area (TPSA) is 0 Å². The maximum absolute atomic E-state index is 3.22. The quantitative estimate of drug-likeness (QED) is 0.423. The molecule has 2 aromatic rings. The molecule has 2 aromatic carbocycles. The summed E-state index contributed by atoms with van der Waals surface area (Å²) in [6, 6.07) is 16.3. The van der Waals surface area contributed by atoms with Crippen molar-refractivity contribution in [3.8, 4) is 11.8 Å². The fraction of sp³-hybridized carbons (Fsp3) is 0. The Morgan fingerprint density at radius 2 is 1.50 bits per heavy atom. The molecule has 0 aliphatic heterocycles. The van der Waals surface area contributed by atoms with E-state index in [4.69, 9.17) is 0 Å². The molecule has 0 aromatic heterocycles. The second-order valence-electron chi connectivity index (χ2n) is 3.86. The molecule has 0 spiro atoms. The Labute approximate surface area is 115 Å². The molecule has 16 heavy (non-hydrogen) atoms. The molecule has 2 rings (SSSR count). The van der Waals surface area contributed by atoms with Crippen LogP contribution >= 0.6 is 0 Å². The van der Waals surface area contributed by atoms with Crippen molar-refractivity contribution in [1.82, 2.24) is 0 Å². The minimum absolute atomic E-state index is 1.06. The first-order chi connectivity index (χ1) is 7.77. The van der Waals surface area contributed by atoms with Crippen LogP contribution in [0.15, 0.2) is 48.5 Å². The van der Waals surface area contributed by atoms with Gasteiger partial charge in [-0.1, -0.05) is 0 Å². The van der Waals surface area contributed by atoms with E-state index in [-0.39, 0.29) is 0 Å². The van der Waals surface area contributed by atoms with Gasteiger partial charge in [0.2, 0.25) is 0 Å². The van der Waals surface area contributed by atoms with Crippen molar-refractivity contribution < 1.29 is 0 Å². The van der Waals surface area contributed by atoms with Crippen LogP contribution in [0.1, 0.15) is 11.1 Å². The van der Waals surface area contributed by atoms with E-state index in [9.17, 15) is 0 Å². The zero-order valence-corrected chi connectivity index (χ0v) is 9.62. The molecule has 0 saturated heterocycles. The normalized spacial score (nSPS) is 9.50. The first-order valence-corrected chi connectivity index (χ1v) is 5.40. The van der Waals surface area contributed by atoms with E-state index >= 15 is 0 Å². The monoisotopic (exact) mass is 190 g/mol. The van der Waals surface area contributed by atoms with E-state index in [2.05, 4.69) is 65.5 Å². The van der Waals surface area contributed by atoms with Gasteiger partial charge in [-0.3, -0.25) is 0 Å². The van der Waals surface area contributed by atoms with Crippen molar-refractivity contribution in [1.29, 1.82) is 0 Å². The van der Waals surface area contributed by atoms with E-state index in [0.717, 1.165) is 11.1 Å². The van der Waals surface area contributed by atoms with E-state index in [0.29, 0.717) is 0 Å². The Bertz CT molecular complexity index is 548. The summed E-state index contributed by atoms with van der Waals surface area (Å²) < 4.78 is 2.56. The summed E-state index contributed by atoms with van der Waals surface area (Å²) in [6.45, 7) is 0. The second kappa shape index (κ2) is 5.50. The van der Waals surface area contributed by atoms with Gasteiger partial charge in [-0.15, -0.1) is 0 Å². The standard InChI is InChI=1S/C14H8.2Li/c1-3-7-13(8-4-1)11-12-14-9-5-2-6-10-14;;/h1-5,7-9H;;. The van der Waals surface area contributed by atoms with Gasteiger partial charge < -0.3 is 0 Å². The summed E-state index contributed by atoms with van der Waals surface area (Å²) in [7, 11) is 0. The van der Waals surface area contributed by atoms with Gasteiger partial charge in [0.15, 0.2) is 0 Å². The Morgan fingerprint density at radius 1 is 0.750 bits per heavy atom. The molecule has 0 amide bonds. The van der Waals surface area contributed by atoms with Crippen LogP contribution in [-0.2, 0) is 0 Å². The first-order valence-electron chi connectivity index (χ1n) is 5.40. The SMILES string of the molecule is [Li][c]1cccc(C#Cc2ccccc2)[c]1[Li]. The molecule has 0 nitrogen and oxygen atoms in total. The van der Waals surface area contributed by atoms with Crippen molar-refractivity contribution in [2.24, 2.45) is 0 Å². The summed E-state index contributed by atoms with van der Waals surface area (Å²) in [4.78, 5) is 0. The van der Waals surface area contributed by atoms with Gasteiger partial charge in [-0.25, -0.2) is 0 Å². The Hall–Kier alpha value is -0.805. The van der Waals surface area contributed by atoms with Crippen molar-refractivity contribution in [2.45, 2.75) is 0 Å². The van der Waals surface area contributed by atoms with E-state index in [1.165, 1.54) is 8.47 Å². The predicted molar refractivity (Wildman–Crippen MR) is 69.6 cm³/mol. The summed E-state index contributed by atoms with van der Waals surface area (Å²) in [6.07, 6.45) is 0. The van der Waals surface area contributed by atoms with Crippen LogP contribution in [0.5, 0.6) is 0 Å². The van der Waals surface area contributed by atoms with Gasteiger partial charge in [0, 0.05) is 0 Å². The molecular weight excluding hydrogens is 182 g/mol. The molecule has 0 radical (unpaired) electrons. The van der Waals surface area contributed by atoms with Crippen molar-refractivity contribution in [2.75, 3.05) is 0 Å². The number of hydrogen-bond donors (Lipinski definition) is 0. The van der Waals surface area contributed by atoms with Crippen molar-refractivity contribution >= 4 is 43.9 Å². The van der Waals surface area contributed by atoms with Gasteiger partial charge in [0.05, 0.1) is 0 Å². The van der Waals surface area contributed by atoms with Crippen LogP contribution in [-0.4, -0.2) is 35.4 Å². The average Bonchev–Trinajstić information content (AvgIpc) is 2.32. The molecule has 0 heterocycles. The summed E-state index contributed by atoms with van der Waals surface area (Å²) >= 11 is 4.23. The molecule has 2 heteroatoms. The van der Waals surface area contributed by atoms with Crippen molar-refractivity contribution in [3.05, 3.63) is 59.7 Å². The van der Waals surface area contributed by atoms with Crippen LogP contribution in [0, 0.1) is 11.8 Å². The summed E-state index contributed by atoms with van der Waals surface area (Å²) in [5.74, 6) is 6.40. The third kappa shape index (κ3) is 2.86. The fourth-order valence-corrected chi connectivity index (χ4v) is 1.55. The van der Waals surface area contributed by atoms with Gasteiger partial charge in [-0.2, -0.15) is 0 Å². The van der Waals surface area contributed by atoms with Crippen LogP contribution in [0.25, 0.3) is 0 Å². The van der Waals surface area contributed by atoms with E-state index < -0.39 is 0 Å². The number of hydrogen-bond acceptors (Lipinski definition) is 0. The van der Waals surface area contributed by atoms with E-state index in [1.54, 1.807) is 0 Å². The third-order valence-electron chi connectivity index (χ3n) is 2.72. The molecule has 0 saturated carbocycles. The Morgan fingerprint density at radius 3 is 2.25 bits per heavy atom. The zero-order valence-electron chi connectivity index (χ0n) is 9.62. The predicted octanol–water partition coefficient (Wildman–Crippen LogP) is 0.674. The fourth-order valence-electron chi connectivity index (χ4n) is 1.55. The average molecular weight is 190 g/mol. The summed E-state index contributed by atoms with van der Waals surface area (Å²) in [5.41, 5.74) is 2.17. The molecule has 0 aliphatic rings. The van der Waals surface area contributed by atoms with Gasteiger partial charge in [-0.05, 0) is 0 Å². The number of rotatable bonds is 0. The molecular formula is C14H8Li2. The van der Waals surface area contributed by atoms with Crippen LogP contribution in [0.4, 0.5) is 0 Å². The second-order valence-corrected chi connectivity index (χ2v) is 3.86. The van der Waals surface area contributed by atoms with Gasteiger partial charge in [0.25, 0.3) is 0 Å². The minimum atomic E-state index is 1.06. The van der Waals surface area contributed by atoms with Gasteiger partial charge >= 0.3 is 115 Å². The molecule has 0 fully saturated rings. The van der Waals surface area contributed by atoms with Crippen LogP contribution in [0.3, 0.4) is 0 Å². The zero-order chi connectivity index (χ0) is 11.4. The van der Waals surface area contributed by atoms with Crippen molar-refractivity contribution in [3.63, 3.8) is 0 Å². The Balaban J connectivity index is 2.35. The molecule has 0 bridgehead atoms. The first kappa shape index (κ1) is 11.7. The molecule has 66 valence electrons. The third-order valence-corrected chi connectivity index (χ3v) is 2.72. The molecule has 0 unspecified atom stereocenters. The number of benzene rings is 2. The maximum atomic E-state index is 3.22. The molecule has 0 N–H and O–H groups in total. The van der Waals surface area contributed by atoms with E-state index in [1.807, 2.05) is 30.3 Å². The van der Waals surface area contributed by atoms with Gasteiger partial charge in [0.1, 0.15) is 0 Å². The Kier molecular flexibility index (Phi) is 4.01. The molecule has 0 aliphatic carbocycles.